The van der Waals surface area contributed by atoms with Crippen LogP contribution in [0.5, 0.6) is 0 Å². The van der Waals surface area contributed by atoms with Crippen molar-refractivity contribution in [2.75, 3.05) is 6.54 Å². The number of nitrogens with one attached hydrogen (secondary N) is 1. The van der Waals surface area contributed by atoms with E-state index in [-0.39, 0.29) is 0 Å². The van der Waals surface area contributed by atoms with Gasteiger partial charge in [0.2, 0.25) is 0 Å². The second-order valence-electron chi connectivity index (χ2n) is 6.41. The summed E-state index contributed by atoms with van der Waals surface area (Å²) in [4.78, 5) is 0. The first-order valence-electron chi connectivity index (χ1n) is 9.58. The fraction of sp³-hybridized carbons (Fsp3) is 1.00. The van der Waals surface area contributed by atoms with E-state index < -0.39 is 0 Å². The van der Waals surface area contributed by atoms with Crippen LogP contribution in [0.4, 0.5) is 0 Å². The lowest BCUT2D eigenvalue weighted by molar-refractivity contribution is 0.413. The average Bonchev–Trinajstić information content (AvgIpc) is 2.47. The monoisotopic (exact) mass is 283 g/mol. The van der Waals surface area contributed by atoms with Gasteiger partial charge in [0.25, 0.3) is 0 Å². The quantitative estimate of drug-likeness (QED) is 0.320. The van der Waals surface area contributed by atoms with E-state index in [9.17, 15) is 0 Å². The van der Waals surface area contributed by atoms with Gasteiger partial charge in [0.15, 0.2) is 0 Å². The van der Waals surface area contributed by atoms with Crippen molar-refractivity contribution in [1.82, 2.24) is 5.32 Å². The van der Waals surface area contributed by atoms with Crippen molar-refractivity contribution in [2.45, 2.75) is 117 Å². The Morgan fingerprint density at radius 2 is 1.00 bits per heavy atom. The Hall–Kier alpha value is -0.0400. The van der Waals surface area contributed by atoms with E-state index in [2.05, 4.69) is 26.1 Å². The van der Waals surface area contributed by atoms with Gasteiger partial charge in [-0.05, 0) is 25.8 Å². The fourth-order valence-electron chi connectivity index (χ4n) is 2.86. The third-order valence-electron chi connectivity index (χ3n) is 4.25. The van der Waals surface area contributed by atoms with Gasteiger partial charge in [-0.1, -0.05) is 91.4 Å². The average molecular weight is 284 g/mol. The lowest BCUT2D eigenvalue weighted by atomic mass is 10.00. The van der Waals surface area contributed by atoms with Gasteiger partial charge in [-0.2, -0.15) is 0 Å². The number of hydrogen-bond donors (Lipinski definition) is 1. The Morgan fingerprint density at radius 3 is 1.45 bits per heavy atom. The highest BCUT2D eigenvalue weighted by molar-refractivity contribution is 4.67. The molecule has 1 heteroatoms. The third kappa shape index (κ3) is 14.4. The van der Waals surface area contributed by atoms with E-state index in [1.54, 1.807) is 0 Å². The molecule has 0 rings (SSSR count). The molecule has 0 saturated heterocycles. The van der Waals surface area contributed by atoms with Gasteiger partial charge >= 0.3 is 0 Å². The van der Waals surface area contributed by atoms with Crippen molar-refractivity contribution in [3.8, 4) is 0 Å². The zero-order valence-electron chi connectivity index (χ0n) is 14.7. The first-order valence-corrected chi connectivity index (χ1v) is 9.58. The predicted molar refractivity (Wildman–Crippen MR) is 93.5 cm³/mol. The summed E-state index contributed by atoms with van der Waals surface area (Å²) in [6.45, 7) is 8.07. The maximum Gasteiger partial charge on any atom is 0.00670 e. The van der Waals surface area contributed by atoms with Gasteiger partial charge in [-0.15, -0.1) is 0 Å². The van der Waals surface area contributed by atoms with Crippen LogP contribution in [0.3, 0.4) is 0 Å². The molecule has 0 aromatic heterocycles. The van der Waals surface area contributed by atoms with Gasteiger partial charge in [-0.3, -0.25) is 0 Å². The molecule has 122 valence electrons. The maximum absolute atomic E-state index is 3.76. The second kappa shape index (κ2) is 17.0. The van der Waals surface area contributed by atoms with Crippen molar-refractivity contribution in [3.63, 3.8) is 0 Å². The number of hydrogen-bond acceptors (Lipinski definition) is 1. The molecule has 0 amide bonds. The SMILES string of the molecule is CCCCCCCCC(CCCCCCC)NCCC. The van der Waals surface area contributed by atoms with Crippen LogP contribution >= 0.6 is 0 Å². The van der Waals surface area contributed by atoms with Crippen LogP contribution < -0.4 is 5.32 Å². The first-order chi connectivity index (χ1) is 9.85. The number of rotatable bonds is 16. The lowest BCUT2D eigenvalue weighted by Gasteiger charge is -2.18. The van der Waals surface area contributed by atoms with Crippen molar-refractivity contribution in [3.05, 3.63) is 0 Å². The minimum atomic E-state index is 0.794. The number of unbranched alkanes of at least 4 members (excludes halogenated alkanes) is 9. The third-order valence-corrected chi connectivity index (χ3v) is 4.25. The molecule has 0 bridgehead atoms. The Morgan fingerprint density at radius 1 is 0.550 bits per heavy atom. The summed E-state index contributed by atoms with van der Waals surface area (Å²) in [5.41, 5.74) is 0. The van der Waals surface area contributed by atoms with E-state index in [0.29, 0.717) is 0 Å². The summed E-state index contributed by atoms with van der Waals surface area (Å²) in [6, 6.07) is 0.794. The van der Waals surface area contributed by atoms with Crippen LogP contribution in [-0.4, -0.2) is 12.6 Å². The molecule has 0 aliphatic rings. The van der Waals surface area contributed by atoms with Crippen LogP contribution in [0.15, 0.2) is 0 Å². The molecule has 0 spiro atoms. The Balaban J connectivity index is 3.56. The molecule has 0 radical (unpaired) electrons. The minimum Gasteiger partial charge on any atom is -0.314 e. The van der Waals surface area contributed by atoms with Gasteiger partial charge in [0.05, 0.1) is 0 Å². The summed E-state index contributed by atoms with van der Waals surface area (Å²) in [6.07, 6.45) is 19.7. The Labute approximate surface area is 129 Å². The summed E-state index contributed by atoms with van der Waals surface area (Å²) >= 11 is 0. The van der Waals surface area contributed by atoms with Gasteiger partial charge in [-0.25, -0.2) is 0 Å². The standard InChI is InChI=1S/C19H41N/c1-4-7-9-11-13-15-17-19(20-18-6-3)16-14-12-10-8-5-2/h19-20H,4-18H2,1-3H3. The molecule has 0 heterocycles. The fourth-order valence-corrected chi connectivity index (χ4v) is 2.86. The summed E-state index contributed by atoms with van der Waals surface area (Å²) in [5.74, 6) is 0. The smallest absolute Gasteiger partial charge is 0.00670 e. The highest BCUT2D eigenvalue weighted by atomic mass is 14.9. The summed E-state index contributed by atoms with van der Waals surface area (Å²) < 4.78 is 0. The predicted octanol–water partition coefficient (Wildman–Crippen LogP) is 6.47. The molecule has 0 saturated carbocycles. The zero-order chi connectivity index (χ0) is 14.9. The van der Waals surface area contributed by atoms with Crippen LogP contribution in [0.1, 0.15) is 111 Å². The molecular formula is C19H41N. The van der Waals surface area contributed by atoms with E-state index in [4.69, 9.17) is 0 Å². The zero-order valence-corrected chi connectivity index (χ0v) is 14.7. The van der Waals surface area contributed by atoms with Crippen LogP contribution in [0.25, 0.3) is 0 Å². The molecule has 0 aromatic carbocycles. The second-order valence-corrected chi connectivity index (χ2v) is 6.41. The molecule has 1 unspecified atom stereocenters. The topological polar surface area (TPSA) is 12.0 Å². The maximum atomic E-state index is 3.76. The Bertz CT molecular complexity index is 167. The normalized spacial score (nSPS) is 12.8. The van der Waals surface area contributed by atoms with Crippen LogP contribution in [-0.2, 0) is 0 Å². The van der Waals surface area contributed by atoms with Crippen molar-refractivity contribution in [2.24, 2.45) is 0 Å². The van der Waals surface area contributed by atoms with Crippen molar-refractivity contribution in [1.29, 1.82) is 0 Å². The van der Waals surface area contributed by atoms with Gasteiger partial charge in [0, 0.05) is 6.04 Å². The minimum absolute atomic E-state index is 0.794. The molecule has 1 N–H and O–H groups in total. The van der Waals surface area contributed by atoms with Crippen LogP contribution in [0.2, 0.25) is 0 Å². The van der Waals surface area contributed by atoms with E-state index >= 15 is 0 Å². The van der Waals surface area contributed by atoms with Crippen molar-refractivity contribution >= 4 is 0 Å². The summed E-state index contributed by atoms with van der Waals surface area (Å²) in [5, 5.41) is 3.76. The first kappa shape index (κ1) is 20.0. The highest BCUT2D eigenvalue weighted by Gasteiger charge is 2.07. The van der Waals surface area contributed by atoms with Crippen molar-refractivity contribution < 1.29 is 0 Å². The lowest BCUT2D eigenvalue weighted by Crippen LogP contribution is -2.29. The van der Waals surface area contributed by atoms with Gasteiger partial charge < -0.3 is 5.32 Å². The molecular weight excluding hydrogens is 242 g/mol. The van der Waals surface area contributed by atoms with E-state index in [1.165, 1.54) is 96.4 Å². The van der Waals surface area contributed by atoms with Gasteiger partial charge in [0.1, 0.15) is 0 Å². The van der Waals surface area contributed by atoms with Crippen LogP contribution in [0, 0.1) is 0 Å². The summed E-state index contributed by atoms with van der Waals surface area (Å²) in [7, 11) is 0. The molecule has 0 aromatic rings. The highest BCUT2D eigenvalue weighted by Crippen LogP contribution is 2.14. The molecule has 0 aliphatic carbocycles. The molecule has 0 aliphatic heterocycles. The van der Waals surface area contributed by atoms with E-state index in [1.807, 2.05) is 0 Å². The molecule has 0 fully saturated rings. The Kier molecular flexibility index (Phi) is 17.0. The molecule has 20 heavy (non-hydrogen) atoms. The molecule has 1 nitrogen and oxygen atoms in total. The largest absolute Gasteiger partial charge is 0.314 e. The van der Waals surface area contributed by atoms with E-state index in [0.717, 1.165) is 6.04 Å². The molecule has 1 atom stereocenters.